The van der Waals surface area contributed by atoms with Crippen LogP contribution in [0.5, 0.6) is 0 Å². The molecule has 0 fully saturated rings. The zero-order chi connectivity index (χ0) is 14.4. The van der Waals surface area contributed by atoms with E-state index in [0.29, 0.717) is 18.1 Å². The van der Waals surface area contributed by atoms with Gasteiger partial charge in [0.15, 0.2) is 0 Å². The zero-order valence-electron chi connectivity index (χ0n) is 11.7. The molecule has 0 aliphatic heterocycles. The molecule has 1 aromatic carbocycles. The normalized spacial score (nSPS) is 10.5. The first-order valence-corrected chi connectivity index (χ1v) is 6.66. The molecule has 0 aliphatic rings. The molecule has 0 heterocycles. The molecular weight excluding hydrogens is 258 g/mol. The maximum atomic E-state index is 11.7. The molecule has 4 nitrogen and oxygen atoms in total. The van der Waals surface area contributed by atoms with Crippen molar-refractivity contribution in [2.45, 2.75) is 13.5 Å². The van der Waals surface area contributed by atoms with Gasteiger partial charge in [0, 0.05) is 26.2 Å². The van der Waals surface area contributed by atoms with E-state index in [-0.39, 0.29) is 5.91 Å². The molecule has 0 unspecified atom stereocenters. The summed E-state index contributed by atoms with van der Waals surface area (Å²) >= 11 is 4.97. The van der Waals surface area contributed by atoms with Gasteiger partial charge < -0.3 is 10.6 Å². The molecule has 0 aromatic heterocycles. The summed E-state index contributed by atoms with van der Waals surface area (Å²) in [5.41, 5.74) is 7.60. The van der Waals surface area contributed by atoms with E-state index in [1.807, 2.05) is 31.2 Å². The van der Waals surface area contributed by atoms with Gasteiger partial charge in [-0.2, -0.15) is 0 Å². The van der Waals surface area contributed by atoms with Crippen LogP contribution < -0.4 is 5.73 Å². The van der Waals surface area contributed by atoms with Gasteiger partial charge >= 0.3 is 0 Å². The van der Waals surface area contributed by atoms with Crippen molar-refractivity contribution in [1.29, 1.82) is 0 Å². The molecule has 5 heteroatoms. The van der Waals surface area contributed by atoms with E-state index in [9.17, 15) is 4.79 Å². The van der Waals surface area contributed by atoms with Crippen LogP contribution in [0.2, 0.25) is 0 Å². The van der Waals surface area contributed by atoms with Crippen molar-refractivity contribution >= 4 is 23.1 Å². The number of amides is 1. The Morgan fingerprint density at radius 3 is 2.58 bits per heavy atom. The summed E-state index contributed by atoms with van der Waals surface area (Å²) in [6.45, 7) is 3.99. The second-order valence-electron chi connectivity index (χ2n) is 4.66. The van der Waals surface area contributed by atoms with Gasteiger partial charge in [0.25, 0.3) is 0 Å². The van der Waals surface area contributed by atoms with Crippen molar-refractivity contribution in [2.75, 3.05) is 27.2 Å². The van der Waals surface area contributed by atoms with Crippen molar-refractivity contribution in [3.8, 4) is 0 Å². The van der Waals surface area contributed by atoms with Gasteiger partial charge in [0.2, 0.25) is 5.91 Å². The highest BCUT2D eigenvalue weighted by atomic mass is 32.1. The Bertz CT molecular complexity index is 460. The van der Waals surface area contributed by atoms with Crippen molar-refractivity contribution < 1.29 is 4.79 Å². The largest absolute Gasteiger partial charge is 0.389 e. The van der Waals surface area contributed by atoms with Crippen LogP contribution in [0.4, 0.5) is 0 Å². The Hall–Kier alpha value is -1.46. The summed E-state index contributed by atoms with van der Waals surface area (Å²) in [6.07, 6.45) is 0. The third-order valence-electron chi connectivity index (χ3n) is 2.92. The summed E-state index contributed by atoms with van der Waals surface area (Å²) in [5.74, 6) is 0.104. The summed E-state index contributed by atoms with van der Waals surface area (Å²) < 4.78 is 0. The number of benzene rings is 1. The third-order valence-corrected chi connectivity index (χ3v) is 3.16. The summed E-state index contributed by atoms with van der Waals surface area (Å²) in [7, 11) is 3.54. The molecule has 0 saturated heterocycles. The second kappa shape index (κ2) is 7.21. The van der Waals surface area contributed by atoms with Gasteiger partial charge in [0.1, 0.15) is 4.99 Å². The Morgan fingerprint density at radius 2 is 2.05 bits per heavy atom. The van der Waals surface area contributed by atoms with Gasteiger partial charge in [-0.15, -0.1) is 0 Å². The Kier molecular flexibility index (Phi) is 5.92. The molecule has 0 radical (unpaired) electrons. The molecule has 0 aliphatic carbocycles. The Labute approximate surface area is 120 Å². The molecule has 19 heavy (non-hydrogen) atoms. The van der Waals surface area contributed by atoms with E-state index in [1.165, 1.54) is 0 Å². The van der Waals surface area contributed by atoms with E-state index >= 15 is 0 Å². The van der Waals surface area contributed by atoms with Crippen LogP contribution in [0, 0.1) is 0 Å². The Balaban J connectivity index is 2.73. The smallest absolute Gasteiger partial charge is 0.236 e. The first-order chi connectivity index (χ1) is 8.93. The molecule has 0 saturated carbocycles. The van der Waals surface area contributed by atoms with Gasteiger partial charge in [-0.05, 0) is 18.2 Å². The predicted molar refractivity (Wildman–Crippen MR) is 82.0 cm³/mol. The number of carbonyl (C=O) groups is 1. The van der Waals surface area contributed by atoms with Crippen LogP contribution in [0.25, 0.3) is 0 Å². The van der Waals surface area contributed by atoms with E-state index < -0.39 is 0 Å². The molecule has 2 N–H and O–H groups in total. The summed E-state index contributed by atoms with van der Waals surface area (Å²) in [5, 5.41) is 0. The quantitative estimate of drug-likeness (QED) is 0.796. The predicted octanol–water partition coefficient (Wildman–Crippen LogP) is 1.23. The maximum absolute atomic E-state index is 11.7. The molecule has 104 valence electrons. The highest BCUT2D eigenvalue weighted by Gasteiger charge is 2.11. The number of nitrogens with zero attached hydrogens (tertiary/aromatic N) is 2. The number of rotatable bonds is 6. The number of hydrogen-bond acceptors (Lipinski definition) is 3. The van der Waals surface area contributed by atoms with Crippen molar-refractivity contribution in [1.82, 2.24) is 9.80 Å². The number of likely N-dealkylation sites (N-methyl/N-ethyl adjacent to an activating group) is 2. The van der Waals surface area contributed by atoms with Crippen LogP contribution in [-0.2, 0) is 11.3 Å². The molecule has 0 spiro atoms. The topological polar surface area (TPSA) is 49.6 Å². The molecule has 1 aromatic rings. The SMILES string of the molecule is CCN(CC(=O)N(C)C)Cc1cccc(C(N)=S)c1. The lowest BCUT2D eigenvalue weighted by Gasteiger charge is -2.22. The van der Waals surface area contributed by atoms with E-state index in [4.69, 9.17) is 18.0 Å². The van der Waals surface area contributed by atoms with Crippen molar-refractivity contribution in [3.63, 3.8) is 0 Å². The molecule has 1 amide bonds. The van der Waals surface area contributed by atoms with Gasteiger partial charge in [-0.3, -0.25) is 9.69 Å². The van der Waals surface area contributed by atoms with E-state index in [0.717, 1.165) is 17.7 Å². The lowest BCUT2D eigenvalue weighted by Crippen LogP contribution is -2.36. The summed E-state index contributed by atoms with van der Waals surface area (Å²) in [4.78, 5) is 15.8. The number of nitrogens with two attached hydrogens (primary N) is 1. The first kappa shape index (κ1) is 15.6. The highest BCUT2D eigenvalue weighted by molar-refractivity contribution is 7.80. The third kappa shape index (κ3) is 4.96. The second-order valence-corrected chi connectivity index (χ2v) is 5.10. The zero-order valence-corrected chi connectivity index (χ0v) is 12.5. The van der Waals surface area contributed by atoms with Gasteiger partial charge in [0.05, 0.1) is 6.54 Å². The van der Waals surface area contributed by atoms with Crippen molar-refractivity contribution in [2.24, 2.45) is 5.73 Å². The minimum absolute atomic E-state index is 0.104. The molecule has 0 bridgehead atoms. The average molecular weight is 279 g/mol. The minimum Gasteiger partial charge on any atom is -0.389 e. The van der Waals surface area contributed by atoms with Gasteiger partial charge in [-0.1, -0.05) is 37.3 Å². The van der Waals surface area contributed by atoms with Crippen LogP contribution in [0.1, 0.15) is 18.1 Å². The fraction of sp³-hybridized carbons (Fsp3) is 0.429. The molecule has 1 rings (SSSR count). The van der Waals surface area contributed by atoms with Crippen LogP contribution in [0.3, 0.4) is 0 Å². The highest BCUT2D eigenvalue weighted by Crippen LogP contribution is 2.08. The number of thiocarbonyl (C=S) groups is 1. The number of carbonyl (C=O) groups excluding carboxylic acids is 1. The standard InChI is InChI=1S/C14H21N3OS/c1-4-17(10-13(18)16(2)3)9-11-6-5-7-12(8-11)14(15)19/h5-8H,4,9-10H2,1-3H3,(H2,15,19). The van der Waals surface area contributed by atoms with Gasteiger partial charge in [-0.25, -0.2) is 0 Å². The number of hydrogen-bond donors (Lipinski definition) is 1. The molecule has 0 atom stereocenters. The molecular formula is C14H21N3OS. The van der Waals surface area contributed by atoms with Crippen LogP contribution >= 0.6 is 12.2 Å². The summed E-state index contributed by atoms with van der Waals surface area (Å²) in [6, 6.07) is 7.83. The monoisotopic (exact) mass is 279 g/mol. The first-order valence-electron chi connectivity index (χ1n) is 6.25. The average Bonchev–Trinajstić information content (AvgIpc) is 2.37. The lowest BCUT2D eigenvalue weighted by molar-refractivity contribution is -0.130. The van der Waals surface area contributed by atoms with E-state index in [2.05, 4.69) is 4.90 Å². The Morgan fingerprint density at radius 1 is 1.37 bits per heavy atom. The van der Waals surface area contributed by atoms with E-state index in [1.54, 1.807) is 19.0 Å². The van der Waals surface area contributed by atoms with Crippen molar-refractivity contribution in [3.05, 3.63) is 35.4 Å². The lowest BCUT2D eigenvalue weighted by atomic mass is 10.1. The van der Waals surface area contributed by atoms with Crippen LogP contribution in [-0.4, -0.2) is 47.9 Å². The fourth-order valence-corrected chi connectivity index (χ4v) is 1.82. The minimum atomic E-state index is 0.104. The maximum Gasteiger partial charge on any atom is 0.236 e. The van der Waals surface area contributed by atoms with Crippen LogP contribution in [0.15, 0.2) is 24.3 Å². The fourth-order valence-electron chi connectivity index (χ4n) is 1.69.